The van der Waals surface area contributed by atoms with Gasteiger partial charge in [0, 0.05) is 6.42 Å². The van der Waals surface area contributed by atoms with E-state index in [1.165, 1.54) is 13.0 Å². The molecule has 5 atom stereocenters. The van der Waals surface area contributed by atoms with Gasteiger partial charge in [-0.1, -0.05) is 0 Å². The molecule has 3 aliphatic rings. The Balaban J connectivity index is 1.81. The van der Waals surface area contributed by atoms with Crippen LogP contribution in [0.3, 0.4) is 0 Å². The highest BCUT2D eigenvalue weighted by Gasteiger charge is 2.75. The van der Waals surface area contributed by atoms with E-state index < -0.39 is 58.4 Å². The molecule has 10 heteroatoms. The summed E-state index contributed by atoms with van der Waals surface area (Å²) in [5.41, 5.74) is -4.88. The first-order valence-electron chi connectivity index (χ1n) is 8.17. The minimum Gasteiger partial charge on any atom is -0.390 e. The van der Waals surface area contributed by atoms with E-state index in [-0.39, 0.29) is 12.1 Å². The summed E-state index contributed by atoms with van der Waals surface area (Å²) in [6, 6.07) is 1.93. The number of hydrogen-bond acceptors (Lipinski definition) is 6. The number of pyridine rings is 1. The number of imide groups is 1. The zero-order chi connectivity index (χ0) is 19.9. The summed E-state index contributed by atoms with van der Waals surface area (Å²) in [4.78, 5) is 30.0. The number of carbonyl (C=O) groups excluding carboxylic acids is 2. The Kier molecular flexibility index (Phi) is 3.35. The number of amides is 2. The average molecular weight is 381 g/mol. The molecule has 2 amide bonds. The van der Waals surface area contributed by atoms with E-state index in [0.717, 1.165) is 6.20 Å². The van der Waals surface area contributed by atoms with Crippen molar-refractivity contribution in [3.63, 3.8) is 0 Å². The SMILES string of the molecule is C[C@@]12O[C@@](C)(C[C@H]1O)[C@H]1C(=O)N(c3cnc(C#N)c(C(F)(F)F)c3)C(=O)[C@H]12. The molecule has 3 aliphatic heterocycles. The number of halogens is 3. The topological polar surface area (TPSA) is 104 Å². The number of anilines is 1. The van der Waals surface area contributed by atoms with Gasteiger partial charge in [-0.25, -0.2) is 9.88 Å². The summed E-state index contributed by atoms with van der Waals surface area (Å²) < 4.78 is 45.4. The lowest BCUT2D eigenvalue weighted by molar-refractivity contribution is -0.138. The van der Waals surface area contributed by atoms with Gasteiger partial charge in [0.2, 0.25) is 11.8 Å². The number of alkyl halides is 3. The van der Waals surface area contributed by atoms with Crippen LogP contribution in [-0.2, 0) is 20.5 Å². The maximum atomic E-state index is 13.2. The van der Waals surface area contributed by atoms with Gasteiger partial charge >= 0.3 is 6.18 Å². The van der Waals surface area contributed by atoms with Crippen LogP contribution in [0, 0.1) is 23.2 Å². The van der Waals surface area contributed by atoms with Gasteiger partial charge in [0.05, 0.1) is 41.0 Å². The molecule has 3 fully saturated rings. The molecule has 3 saturated heterocycles. The van der Waals surface area contributed by atoms with Crippen molar-refractivity contribution in [1.82, 2.24) is 4.98 Å². The monoisotopic (exact) mass is 381 g/mol. The minimum absolute atomic E-state index is 0.150. The van der Waals surface area contributed by atoms with Crippen LogP contribution >= 0.6 is 0 Å². The third-order valence-electron chi connectivity index (χ3n) is 5.84. The number of aliphatic hydroxyl groups is 1. The van der Waals surface area contributed by atoms with Gasteiger partial charge in [0.25, 0.3) is 0 Å². The highest BCUT2D eigenvalue weighted by molar-refractivity contribution is 6.23. The fourth-order valence-electron chi connectivity index (χ4n) is 4.66. The first kappa shape index (κ1) is 17.9. The van der Waals surface area contributed by atoms with Crippen LogP contribution in [0.5, 0.6) is 0 Å². The molecule has 0 spiro atoms. The number of fused-ring (bicyclic) bond motifs is 5. The predicted octanol–water partition coefficient (Wildman–Crippen LogP) is 1.39. The lowest BCUT2D eigenvalue weighted by Gasteiger charge is -2.31. The first-order chi connectivity index (χ1) is 12.4. The van der Waals surface area contributed by atoms with Crippen LogP contribution in [-0.4, -0.2) is 39.2 Å². The van der Waals surface area contributed by atoms with E-state index in [1.54, 1.807) is 6.92 Å². The minimum atomic E-state index is -4.87. The molecule has 1 aromatic rings. The van der Waals surface area contributed by atoms with E-state index in [9.17, 15) is 27.9 Å². The molecular weight excluding hydrogens is 367 g/mol. The van der Waals surface area contributed by atoms with E-state index in [1.807, 2.05) is 0 Å². The molecule has 27 heavy (non-hydrogen) atoms. The molecule has 4 rings (SSSR count). The molecule has 0 aliphatic carbocycles. The Morgan fingerprint density at radius 2 is 1.96 bits per heavy atom. The van der Waals surface area contributed by atoms with Crippen molar-refractivity contribution in [2.75, 3.05) is 4.90 Å². The van der Waals surface area contributed by atoms with Gasteiger partial charge in [-0.2, -0.15) is 18.4 Å². The Morgan fingerprint density at radius 1 is 1.33 bits per heavy atom. The highest BCUT2D eigenvalue weighted by Crippen LogP contribution is 2.61. The maximum Gasteiger partial charge on any atom is 0.419 e. The van der Waals surface area contributed by atoms with E-state index in [2.05, 4.69) is 4.98 Å². The highest BCUT2D eigenvalue weighted by atomic mass is 19.4. The summed E-state index contributed by atoms with van der Waals surface area (Å²) in [5.74, 6) is -3.33. The zero-order valence-electron chi connectivity index (χ0n) is 14.2. The second kappa shape index (κ2) is 5.05. The number of nitriles is 1. The van der Waals surface area contributed by atoms with E-state index >= 15 is 0 Å². The molecule has 0 radical (unpaired) electrons. The smallest absolute Gasteiger partial charge is 0.390 e. The van der Waals surface area contributed by atoms with Crippen molar-refractivity contribution >= 4 is 17.5 Å². The number of nitrogens with zero attached hydrogens (tertiary/aromatic N) is 3. The summed E-state index contributed by atoms with van der Waals surface area (Å²) in [7, 11) is 0. The van der Waals surface area contributed by atoms with E-state index in [4.69, 9.17) is 10.00 Å². The molecule has 142 valence electrons. The fraction of sp³-hybridized carbons (Fsp3) is 0.529. The van der Waals surface area contributed by atoms with Crippen molar-refractivity contribution in [3.05, 3.63) is 23.5 Å². The van der Waals surface area contributed by atoms with Crippen LogP contribution in [0.25, 0.3) is 0 Å². The number of ether oxygens (including phenoxy) is 1. The van der Waals surface area contributed by atoms with Crippen molar-refractivity contribution in [2.45, 2.75) is 43.8 Å². The molecule has 0 unspecified atom stereocenters. The Bertz CT molecular complexity index is 927. The average Bonchev–Trinajstić information content (AvgIpc) is 3.07. The summed E-state index contributed by atoms with van der Waals surface area (Å²) in [6.07, 6.45) is -4.79. The van der Waals surface area contributed by atoms with Gasteiger partial charge in [-0.05, 0) is 19.9 Å². The normalized spacial score (nSPS) is 37.7. The lowest BCUT2D eigenvalue weighted by atomic mass is 9.67. The van der Waals surface area contributed by atoms with Crippen molar-refractivity contribution in [1.29, 1.82) is 5.26 Å². The largest absolute Gasteiger partial charge is 0.419 e. The molecule has 0 saturated carbocycles. The maximum absolute atomic E-state index is 13.2. The summed E-state index contributed by atoms with van der Waals surface area (Å²) in [6.45, 7) is 3.14. The molecule has 0 aromatic carbocycles. The van der Waals surface area contributed by atoms with Crippen LogP contribution in [0.2, 0.25) is 0 Å². The molecule has 4 heterocycles. The summed E-state index contributed by atoms with van der Waals surface area (Å²) in [5, 5.41) is 19.1. The Labute approximate surface area is 151 Å². The predicted molar refractivity (Wildman–Crippen MR) is 81.9 cm³/mol. The van der Waals surface area contributed by atoms with Gasteiger partial charge in [0.1, 0.15) is 11.7 Å². The molecule has 7 nitrogen and oxygen atoms in total. The fourth-order valence-corrected chi connectivity index (χ4v) is 4.66. The molecule has 1 aromatic heterocycles. The number of aliphatic hydroxyl groups excluding tert-OH is 1. The summed E-state index contributed by atoms with van der Waals surface area (Å²) >= 11 is 0. The lowest BCUT2D eigenvalue weighted by Crippen LogP contribution is -2.49. The standard InChI is InChI=1S/C17H14F3N3O4/c1-15-4-10(24)16(2,27-15)12-11(15)13(25)23(14(12)26)7-3-8(17(18,19)20)9(5-21)22-6-7/h3,6,10-12,24H,4H2,1-2H3/t10-,11-,12+,15+,16-/m1/s1. The zero-order valence-corrected chi connectivity index (χ0v) is 14.2. The van der Waals surface area contributed by atoms with Gasteiger partial charge in [0.15, 0.2) is 5.69 Å². The Morgan fingerprint density at radius 3 is 2.56 bits per heavy atom. The molecule has 2 bridgehead atoms. The van der Waals surface area contributed by atoms with Gasteiger partial charge in [-0.3, -0.25) is 9.59 Å². The number of carbonyl (C=O) groups is 2. The van der Waals surface area contributed by atoms with E-state index in [0.29, 0.717) is 11.0 Å². The second-order valence-corrected chi connectivity index (χ2v) is 7.48. The van der Waals surface area contributed by atoms with Crippen LogP contribution in [0.15, 0.2) is 12.3 Å². The van der Waals surface area contributed by atoms with Crippen molar-refractivity contribution < 1.29 is 32.6 Å². The first-order valence-corrected chi connectivity index (χ1v) is 8.17. The van der Waals surface area contributed by atoms with Crippen molar-refractivity contribution in [2.24, 2.45) is 11.8 Å². The molecule has 1 N–H and O–H groups in total. The van der Waals surface area contributed by atoms with Crippen molar-refractivity contribution in [3.8, 4) is 6.07 Å². The quantitative estimate of drug-likeness (QED) is 0.738. The third-order valence-corrected chi connectivity index (χ3v) is 5.84. The number of rotatable bonds is 1. The number of aromatic nitrogens is 1. The van der Waals surface area contributed by atoms with Crippen LogP contribution < -0.4 is 4.90 Å². The Hall–Kier alpha value is -2.51. The molecular formula is C17H14F3N3O4. The third kappa shape index (κ3) is 2.12. The number of hydrogen-bond donors (Lipinski definition) is 1. The van der Waals surface area contributed by atoms with Crippen LogP contribution in [0.4, 0.5) is 18.9 Å². The van der Waals surface area contributed by atoms with Gasteiger partial charge < -0.3 is 9.84 Å². The second-order valence-electron chi connectivity index (χ2n) is 7.48. The van der Waals surface area contributed by atoms with Gasteiger partial charge in [-0.15, -0.1) is 0 Å². The van der Waals surface area contributed by atoms with Crippen LogP contribution in [0.1, 0.15) is 31.5 Å².